The maximum atomic E-state index is 12.8. The Morgan fingerprint density at radius 3 is 2.67 bits per heavy atom. The zero-order valence-corrected chi connectivity index (χ0v) is 14.1. The molecule has 2 aromatic rings. The first-order valence-corrected chi connectivity index (χ1v) is 8.88. The summed E-state index contributed by atoms with van der Waals surface area (Å²) < 4.78 is 23.7. The molecule has 24 heavy (non-hydrogen) atoms. The normalized spacial score (nSPS) is 16.5. The quantitative estimate of drug-likeness (QED) is 0.872. The van der Waals surface area contributed by atoms with Crippen molar-refractivity contribution in [3.8, 4) is 5.75 Å². The van der Waals surface area contributed by atoms with Crippen LogP contribution < -0.4 is 10.1 Å². The van der Waals surface area contributed by atoms with Crippen LogP contribution in [-0.4, -0.2) is 32.3 Å². The van der Waals surface area contributed by atoms with E-state index in [4.69, 9.17) is 9.47 Å². The second-order valence-electron chi connectivity index (χ2n) is 5.92. The van der Waals surface area contributed by atoms with Crippen LogP contribution in [0.5, 0.6) is 5.75 Å². The van der Waals surface area contributed by atoms with Gasteiger partial charge in [-0.05, 0) is 59.5 Å². The Morgan fingerprint density at radius 2 is 2.00 bits per heavy atom. The molecule has 2 heterocycles. The van der Waals surface area contributed by atoms with Crippen molar-refractivity contribution >= 4 is 17.2 Å². The smallest absolute Gasteiger partial charge is 0.257 e. The molecule has 0 atom stereocenters. The maximum Gasteiger partial charge on any atom is 0.257 e. The van der Waals surface area contributed by atoms with Crippen LogP contribution in [0.15, 0.2) is 41.1 Å². The molecule has 0 aliphatic carbocycles. The SMILES string of the molecule is O=C(COc1ccc(F)cc1)NCC1(c2ccsc2)CCOCC1. The number of hydrogen-bond donors (Lipinski definition) is 1. The fourth-order valence-electron chi connectivity index (χ4n) is 2.89. The van der Waals surface area contributed by atoms with Crippen LogP contribution in [-0.2, 0) is 14.9 Å². The molecule has 1 amide bonds. The predicted molar refractivity (Wildman–Crippen MR) is 91.0 cm³/mol. The Morgan fingerprint density at radius 1 is 1.25 bits per heavy atom. The summed E-state index contributed by atoms with van der Waals surface area (Å²) in [7, 11) is 0. The zero-order valence-electron chi connectivity index (χ0n) is 13.3. The molecule has 1 fully saturated rings. The van der Waals surface area contributed by atoms with Crippen LogP contribution >= 0.6 is 11.3 Å². The lowest BCUT2D eigenvalue weighted by molar-refractivity contribution is -0.123. The van der Waals surface area contributed by atoms with E-state index in [1.54, 1.807) is 11.3 Å². The van der Waals surface area contributed by atoms with Crippen LogP contribution in [0.25, 0.3) is 0 Å². The fourth-order valence-corrected chi connectivity index (χ4v) is 3.67. The molecular formula is C18H20FNO3S. The number of ether oxygens (including phenoxy) is 2. The lowest BCUT2D eigenvalue weighted by Crippen LogP contribution is -2.45. The monoisotopic (exact) mass is 349 g/mol. The van der Waals surface area contributed by atoms with Gasteiger partial charge in [-0.3, -0.25) is 4.79 Å². The van der Waals surface area contributed by atoms with Crippen LogP contribution in [0, 0.1) is 5.82 Å². The third kappa shape index (κ3) is 4.13. The minimum atomic E-state index is -0.330. The number of hydrogen-bond acceptors (Lipinski definition) is 4. The molecule has 1 aromatic carbocycles. The number of carbonyl (C=O) groups is 1. The molecule has 0 bridgehead atoms. The number of amides is 1. The Bertz CT molecular complexity index is 651. The number of carbonyl (C=O) groups excluding carboxylic acids is 1. The van der Waals surface area contributed by atoms with E-state index in [1.165, 1.54) is 29.8 Å². The van der Waals surface area contributed by atoms with E-state index in [-0.39, 0.29) is 23.7 Å². The van der Waals surface area contributed by atoms with Crippen LogP contribution in [0.4, 0.5) is 4.39 Å². The molecule has 128 valence electrons. The molecular weight excluding hydrogens is 329 g/mol. The Kier molecular flexibility index (Phi) is 5.48. The van der Waals surface area contributed by atoms with Gasteiger partial charge in [0.05, 0.1) is 0 Å². The van der Waals surface area contributed by atoms with Crippen molar-refractivity contribution in [3.63, 3.8) is 0 Å². The van der Waals surface area contributed by atoms with Crippen molar-refractivity contribution < 1.29 is 18.7 Å². The van der Waals surface area contributed by atoms with E-state index in [1.807, 2.05) is 0 Å². The lowest BCUT2D eigenvalue weighted by atomic mass is 9.75. The molecule has 1 aliphatic rings. The van der Waals surface area contributed by atoms with Crippen LogP contribution in [0.1, 0.15) is 18.4 Å². The van der Waals surface area contributed by atoms with Gasteiger partial charge in [0, 0.05) is 25.2 Å². The molecule has 4 nitrogen and oxygen atoms in total. The van der Waals surface area contributed by atoms with E-state index < -0.39 is 0 Å². The molecule has 0 unspecified atom stereocenters. The first kappa shape index (κ1) is 16.9. The Labute approximate surface area is 144 Å². The number of halogens is 1. The highest BCUT2D eigenvalue weighted by Crippen LogP contribution is 2.35. The first-order valence-electron chi connectivity index (χ1n) is 7.93. The van der Waals surface area contributed by atoms with Gasteiger partial charge >= 0.3 is 0 Å². The Balaban J connectivity index is 1.54. The Hall–Kier alpha value is -1.92. The second kappa shape index (κ2) is 7.77. The molecule has 1 aromatic heterocycles. The topological polar surface area (TPSA) is 47.6 Å². The van der Waals surface area contributed by atoms with Crippen molar-refractivity contribution in [2.45, 2.75) is 18.3 Å². The van der Waals surface area contributed by atoms with Gasteiger partial charge < -0.3 is 14.8 Å². The van der Waals surface area contributed by atoms with Crippen molar-refractivity contribution in [2.24, 2.45) is 0 Å². The molecule has 1 saturated heterocycles. The van der Waals surface area contributed by atoms with Gasteiger partial charge in [0.1, 0.15) is 11.6 Å². The highest BCUT2D eigenvalue weighted by molar-refractivity contribution is 7.08. The summed E-state index contributed by atoms with van der Waals surface area (Å²) in [6, 6.07) is 7.75. The molecule has 3 rings (SSSR count). The number of rotatable bonds is 6. The van der Waals surface area contributed by atoms with Crippen LogP contribution in [0.2, 0.25) is 0 Å². The maximum absolute atomic E-state index is 12.8. The van der Waals surface area contributed by atoms with Gasteiger partial charge in [-0.25, -0.2) is 4.39 Å². The summed E-state index contributed by atoms with van der Waals surface area (Å²) in [5.41, 5.74) is 1.19. The summed E-state index contributed by atoms with van der Waals surface area (Å²) in [5.74, 6) is -0.0328. The summed E-state index contributed by atoms with van der Waals surface area (Å²) in [4.78, 5) is 12.1. The highest BCUT2D eigenvalue weighted by atomic mass is 32.1. The van der Waals surface area contributed by atoms with E-state index in [9.17, 15) is 9.18 Å². The second-order valence-corrected chi connectivity index (χ2v) is 6.70. The summed E-state index contributed by atoms with van der Waals surface area (Å²) >= 11 is 1.67. The highest BCUT2D eigenvalue weighted by Gasteiger charge is 2.35. The molecule has 6 heteroatoms. The average Bonchev–Trinajstić information content (AvgIpc) is 3.16. The van der Waals surface area contributed by atoms with Gasteiger partial charge in [-0.15, -0.1) is 0 Å². The van der Waals surface area contributed by atoms with Gasteiger partial charge in [-0.1, -0.05) is 0 Å². The number of thiophene rings is 1. The standard InChI is InChI=1S/C18H20FNO3S/c19-15-1-3-16(4-2-15)23-11-17(21)20-13-18(6-8-22-9-7-18)14-5-10-24-12-14/h1-5,10,12H,6-9,11,13H2,(H,20,21). The van der Waals surface area contributed by atoms with E-state index >= 15 is 0 Å². The summed E-state index contributed by atoms with van der Waals surface area (Å²) in [5, 5.41) is 7.18. The van der Waals surface area contributed by atoms with Gasteiger partial charge in [-0.2, -0.15) is 11.3 Å². The average molecular weight is 349 g/mol. The number of benzene rings is 1. The lowest BCUT2D eigenvalue weighted by Gasteiger charge is -2.37. The van der Waals surface area contributed by atoms with Crippen molar-refractivity contribution in [2.75, 3.05) is 26.4 Å². The van der Waals surface area contributed by atoms with Gasteiger partial charge in [0.15, 0.2) is 6.61 Å². The minimum Gasteiger partial charge on any atom is -0.484 e. The summed E-state index contributed by atoms with van der Waals surface area (Å²) in [6.45, 7) is 1.90. The van der Waals surface area contributed by atoms with E-state index in [0.29, 0.717) is 25.5 Å². The summed E-state index contributed by atoms with van der Waals surface area (Å²) in [6.07, 6.45) is 1.78. The molecule has 0 spiro atoms. The first-order chi connectivity index (χ1) is 11.7. The molecule has 1 N–H and O–H groups in total. The number of nitrogens with one attached hydrogen (secondary N) is 1. The third-order valence-electron chi connectivity index (χ3n) is 4.39. The molecule has 1 aliphatic heterocycles. The van der Waals surface area contributed by atoms with Crippen LogP contribution in [0.3, 0.4) is 0 Å². The van der Waals surface area contributed by atoms with Crippen molar-refractivity contribution in [1.82, 2.24) is 5.32 Å². The molecule has 0 saturated carbocycles. The minimum absolute atomic E-state index is 0.0657. The van der Waals surface area contributed by atoms with Crippen molar-refractivity contribution in [3.05, 3.63) is 52.5 Å². The largest absolute Gasteiger partial charge is 0.484 e. The fraction of sp³-hybridized carbons (Fsp3) is 0.389. The van der Waals surface area contributed by atoms with Gasteiger partial charge in [0.2, 0.25) is 0 Å². The van der Waals surface area contributed by atoms with Gasteiger partial charge in [0.25, 0.3) is 5.91 Å². The predicted octanol–water partition coefficient (Wildman–Crippen LogP) is 3.13. The molecule has 0 radical (unpaired) electrons. The van der Waals surface area contributed by atoms with Crippen molar-refractivity contribution in [1.29, 1.82) is 0 Å². The van der Waals surface area contributed by atoms with E-state index in [2.05, 4.69) is 22.1 Å². The third-order valence-corrected chi connectivity index (χ3v) is 5.07. The van der Waals surface area contributed by atoms with E-state index in [0.717, 1.165) is 12.8 Å². The zero-order chi connectivity index (χ0) is 16.8.